The van der Waals surface area contributed by atoms with Crippen molar-refractivity contribution in [1.82, 2.24) is 0 Å². The Morgan fingerprint density at radius 3 is 2.41 bits per heavy atom. The van der Waals surface area contributed by atoms with Gasteiger partial charge in [-0.2, -0.15) is 0 Å². The van der Waals surface area contributed by atoms with Crippen molar-refractivity contribution < 1.29 is 15.3 Å². The highest BCUT2D eigenvalue weighted by Gasteiger charge is 2.18. The van der Waals surface area contributed by atoms with Crippen molar-refractivity contribution in [3.05, 3.63) is 29.3 Å². The summed E-state index contributed by atoms with van der Waals surface area (Å²) in [5.41, 5.74) is 2.08. The lowest BCUT2D eigenvalue weighted by Crippen LogP contribution is -2.03. The fraction of sp³-hybridized carbons (Fsp3) is 0.286. The third-order valence-electron chi connectivity index (χ3n) is 3.51. The molecular formula is C14H14O3. The Bertz CT molecular complexity index is 602. The third-order valence-corrected chi connectivity index (χ3v) is 3.51. The van der Waals surface area contributed by atoms with Gasteiger partial charge in [0.1, 0.15) is 17.2 Å². The van der Waals surface area contributed by atoms with E-state index in [1.165, 1.54) is 12.1 Å². The van der Waals surface area contributed by atoms with E-state index in [-0.39, 0.29) is 17.2 Å². The van der Waals surface area contributed by atoms with Crippen molar-refractivity contribution in [2.24, 2.45) is 0 Å². The van der Waals surface area contributed by atoms with E-state index < -0.39 is 0 Å². The van der Waals surface area contributed by atoms with Gasteiger partial charge in [-0.25, -0.2) is 0 Å². The summed E-state index contributed by atoms with van der Waals surface area (Å²) in [4.78, 5) is 0. The first kappa shape index (κ1) is 10.3. The van der Waals surface area contributed by atoms with E-state index in [1.54, 1.807) is 0 Å². The molecule has 3 N–H and O–H groups in total. The SMILES string of the molecule is Oc1cc(O)c2cc3c(c(O)c2c1)CCCC3. The molecule has 0 heterocycles. The van der Waals surface area contributed by atoms with Crippen LogP contribution in [0.15, 0.2) is 18.2 Å². The van der Waals surface area contributed by atoms with Crippen molar-refractivity contribution in [1.29, 1.82) is 0 Å². The van der Waals surface area contributed by atoms with Gasteiger partial charge in [-0.05, 0) is 48.9 Å². The molecule has 2 aromatic carbocycles. The predicted octanol–water partition coefficient (Wildman–Crippen LogP) is 2.84. The summed E-state index contributed by atoms with van der Waals surface area (Å²) >= 11 is 0. The van der Waals surface area contributed by atoms with Crippen LogP contribution in [0.1, 0.15) is 24.0 Å². The largest absolute Gasteiger partial charge is 0.508 e. The minimum Gasteiger partial charge on any atom is -0.508 e. The minimum atomic E-state index is -0.0268. The first-order chi connectivity index (χ1) is 8.16. The van der Waals surface area contributed by atoms with E-state index >= 15 is 0 Å². The molecule has 3 nitrogen and oxygen atoms in total. The van der Waals surface area contributed by atoms with Crippen LogP contribution >= 0.6 is 0 Å². The summed E-state index contributed by atoms with van der Waals surface area (Å²) in [5.74, 6) is 0.202. The van der Waals surface area contributed by atoms with E-state index in [1.807, 2.05) is 6.07 Å². The Morgan fingerprint density at radius 2 is 1.59 bits per heavy atom. The van der Waals surface area contributed by atoms with Crippen LogP contribution in [0.2, 0.25) is 0 Å². The molecule has 88 valence electrons. The van der Waals surface area contributed by atoms with E-state index in [9.17, 15) is 15.3 Å². The van der Waals surface area contributed by atoms with Crippen LogP contribution in [0.5, 0.6) is 17.2 Å². The molecule has 0 unspecified atom stereocenters. The van der Waals surface area contributed by atoms with Crippen LogP contribution < -0.4 is 0 Å². The standard InChI is InChI=1S/C14H14O3/c15-9-6-12-11(13(16)7-9)5-8-3-1-2-4-10(8)14(12)17/h5-7,15-17H,1-4H2. The van der Waals surface area contributed by atoms with Gasteiger partial charge in [-0.3, -0.25) is 0 Å². The van der Waals surface area contributed by atoms with Crippen molar-refractivity contribution in [3.8, 4) is 17.2 Å². The zero-order chi connectivity index (χ0) is 12.0. The van der Waals surface area contributed by atoms with Crippen molar-refractivity contribution in [2.45, 2.75) is 25.7 Å². The summed E-state index contributed by atoms with van der Waals surface area (Å²) in [7, 11) is 0. The molecule has 2 aromatic rings. The second-order valence-electron chi connectivity index (χ2n) is 4.63. The van der Waals surface area contributed by atoms with Crippen molar-refractivity contribution >= 4 is 10.8 Å². The molecule has 3 rings (SSSR count). The first-order valence-electron chi connectivity index (χ1n) is 5.86. The van der Waals surface area contributed by atoms with Gasteiger partial charge in [0.25, 0.3) is 0 Å². The summed E-state index contributed by atoms with van der Waals surface area (Å²) in [6, 6.07) is 4.73. The molecule has 3 heteroatoms. The Hall–Kier alpha value is -1.90. The molecule has 1 aliphatic carbocycles. The van der Waals surface area contributed by atoms with Gasteiger partial charge >= 0.3 is 0 Å². The van der Waals surface area contributed by atoms with Gasteiger partial charge in [-0.15, -0.1) is 0 Å². The lowest BCUT2D eigenvalue weighted by molar-refractivity contribution is 0.450. The molecule has 0 radical (unpaired) electrons. The van der Waals surface area contributed by atoms with Crippen LogP contribution in [0.3, 0.4) is 0 Å². The molecule has 0 bridgehead atoms. The molecule has 1 aliphatic rings. The highest BCUT2D eigenvalue weighted by molar-refractivity contribution is 5.95. The Balaban J connectivity index is 2.40. The zero-order valence-corrected chi connectivity index (χ0v) is 9.40. The quantitative estimate of drug-likeness (QED) is 0.652. The fourth-order valence-electron chi connectivity index (χ4n) is 2.67. The van der Waals surface area contributed by atoms with Gasteiger partial charge in [0, 0.05) is 16.8 Å². The minimum absolute atomic E-state index is 0.0173. The zero-order valence-electron chi connectivity index (χ0n) is 9.40. The maximum Gasteiger partial charge on any atom is 0.127 e. The van der Waals surface area contributed by atoms with Crippen molar-refractivity contribution in [2.75, 3.05) is 0 Å². The number of fused-ring (bicyclic) bond motifs is 2. The van der Waals surface area contributed by atoms with Crippen LogP contribution in [-0.4, -0.2) is 15.3 Å². The molecular weight excluding hydrogens is 216 g/mol. The number of aromatic hydroxyl groups is 3. The van der Waals surface area contributed by atoms with Crippen LogP contribution in [0, 0.1) is 0 Å². The number of hydrogen-bond donors (Lipinski definition) is 3. The van der Waals surface area contributed by atoms with Gasteiger partial charge in [0.15, 0.2) is 0 Å². The second kappa shape index (κ2) is 3.55. The van der Waals surface area contributed by atoms with Crippen LogP contribution in [-0.2, 0) is 12.8 Å². The maximum atomic E-state index is 10.2. The van der Waals surface area contributed by atoms with Crippen LogP contribution in [0.25, 0.3) is 10.8 Å². The summed E-state index contributed by atoms with van der Waals surface area (Å²) in [6.07, 6.45) is 4.01. The molecule has 0 saturated heterocycles. The van der Waals surface area contributed by atoms with Gasteiger partial charge in [0.2, 0.25) is 0 Å². The lowest BCUT2D eigenvalue weighted by atomic mass is 9.88. The Morgan fingerprint density at radius 1 is 0.824 bits per heavy atom. The molecule has 0 atom stereocenters. The summed E-state index contributed by atoms with van der Waals surface area (Å²) in [5, 5.41) is 30.6. The lowest BCUT2D eigenvalue weighted by Gasteiger charge is -2.19. The molecule has 17 heavy (non-hydrogen) atoms. The smallest absolute Gasteiger partial charge is 0.127 e. The molecule has 0 aromatic heterocycles. The number of aryl methyl sites for hydroxylation is 1. The maximum absolute atomic E-state index is 10.2. The third kappa shape index (κ3) is 1.50. The molecule has 0 fully saturated rings. The van der Waals surface area contributed by atoms with E-state index in [4.69, 9.17) is 0 Å². The van der Waals surface area contributed by atoms with Crippen molar-refractivity contribution in [3.63, 3.8) is 0 Å². The molecule has 0 saturated carbocycles. The molecule has 0 amide bonds. The number of rotatable bonds is 0. The number of benzene rings is 2. The average Bonchev–Trinajstić information content (AvgIpc) is 2.31. The van der Waals surface area contributed by atoms with Gasteiger partial charge < -0.3 is 15.3 Å². The van der Waals surface area contributed by atoms with Crippen LogP contribution in [0.4, 0.5) is 0 Å². The van der Waals surface area contributed by atoms with E-state index in [0.717, 1.165) is 36.8 Å². The Kier molecular flexibility index (Phi) is 2.15. The molecule has 0 spiro atoms. The normalized spacial score (nSPS) is 14.8. The summed E-state index contributed by atoms with van der Waals surface area (Å²) < 4.78 is 0. The van der Waals surface area contributed by atoms with Gasteiger partial charge in [0.05, 0.1) is 0 Å². The first-order valence-corrected chi connectivity index (χ1v) is 5.86. The monoisotopic (exact) mass is 230 g/mol. The van der Waals surface area contributed by atoms with Gasteiger partial charge in [-0.1, -0.05) is 0 Å². The fourth-order valence-corrected chi connectivity index (χ4v) is 2.67. The van der Waals surface area contributed by atoms with E-state index in [0.29, 0.717) is 10.8 Å². The number of phenols is 3. The summed E-state index contributed by atoms with van der Waals surface area (Å²) in [6.45, 7) is 0. The van der Waals surface area contributed by atoms with E-state index in [2.05, 4.69) is 0 Å². The topological polar surface area (TPSA) is 60.7 Å². The second-order valence-corrected chi connectivity index (χ2v) is 4.63. The highest BCUT2D eigenvalue weighted by atomic mass is 16.3. The number of hydrogen-bond acceptors (Lipinski definition) is 3. The highest BCUT2D eigenvalue weighted by Crippen LogP contribution is 2.40. The average molecular weight is 230 g/mol. The predicted molar refractivity (Wildman–Crippen MR) is 65.6 cm³/mol. The number of phenolic OH excluding ortho intramolecular Hbond substituents is 3. The Labute approximate surface area is 98.9 Å². The molecule has 0 aliphatic heterocycles.